The summed E-state index contributed by atoms with van der Waals surface area (Å²) in [6.07, 6.45) is 5.19. The van der Waals surface area contributed by atoms with Crippen LogP contribution in [0.15, 0.2) is 54.3 Å². The molecule has 0 fully saturated rings. The van der Waals surface area contributed by atoms with E-state index >= 15 is 0 Å². The van der Waals surface area contributed by atoms with E-state index < -0.39 is 12.0 Å². The zero-order valence-electron chi connectivity index (χ0n) is 8.80. The molecule has 2 N–H and O–H groups in total. The van der Waals surface area contributed by atoms with Crippen molar-refractivity contribution in [3.05, 3.63) is 59.9 Å². The Bertz CT molecular complexity index is 435. The van der Waals surface area contributed by atoms with E-state index in [0.29, 0.717) is 6.42 Å². The van der Waals surface area contributed by atoms with Gasteiger partial charge in [0.2, 0.25) is 0 Å². The molecule has 1 aliphatic heterocycles. The van der Waals surface area contributed by atoms with Gasteiger partial charge in [-0.2, -0.15) is 0 Å². The molecule has 1 heterocycles. The molecular formula is C13H13NO2. The number of hydrogen-bond donors (Lipinski definition) is 1. The third-order valence-corrected chi connectivity index (χ3v) is 2.45. The Morgan fingerprint density at radius 3 is 2.75 bits per heavy atom. The Hall–Kier alpha value is -2.03. The van der Waals surface area contributed by atoms with Gasteiger partial charge in [-0.25, -0.2) is 0 Å². The first-order valence-corrected chi connectivity index (χ1v) is 5.11. The predicted octanol–water partition coefficient (Wildman–Crippen LogP) is 1.55. The third kappa shape index (κ3) is 2.31. The number of allylic oxidation sites excluding steroid dienone is 2. The summed E-state index contributed by atoms with van der Waals surface area (Å²) in [7, 11) is 0. The quantitative estimate of drug-likeness (QED) is 0.831. The summed E-state index contributed by atoms with van der Waals surface area (Å²) in [5, 5.41) is 0. The number of ether oxygens (including phenoxy) is 1. The first-order chi connectivity index (χ1) is 7.77. The molecule has 1 aromatic rings. The Balaban J connectivity index is 2.16. The largest absolute Gasteiger partial charge is 0.484 e. The van der Waals surface area contributed by atoms with Crippen LogP contribution < -0.4 is 5.73 Å². The number of nitrogens with two attached hydrogens (primary N) is 1. The highest BCUT2D eigenvalue weighted by atomic mass is 16.5. The molecule has 0 saturated heterocycles. The van der Waals surface area contributed by atoms with Crippen LogP contribution in [0.4, 0.5) is 0 Å². The Labute approximate surface area is 94.2 Å². The normalized spacial score (nSPS) is 18.8. The molecule has 1 aliphatic rings. The number of hydrogen-bond acceptors (Lipinski definition) is 2. The summed E-state index contributed by atoms with van der Waals surface area (Å²) in [4.78, 5) is 11.2. The molecule has 3 nitrogen and oxygen atoms in total. The summed E-state index contributed by atoms with van der Waals surface area (Å²) in [6, 6.07) is 9.92. The molecule has 16 heavy (non-hydrogen) atoms. The van der Waals surface area contributed by atoms with Crippen molar-refractivity contribution in [3.8, 4) is 0 Å². The standard InChI is InChI=1S/C13H13NO2/c14-13(15)12-11(7-4-8-16-12)9-10-5-2-1-3-6-10/h1-8,12H,9H2,(H2,14,15). The van der Waals surface area contributed by atoms with Crippen molar-refractivity contribution in [2.24, 2.45) is 5.73 Å². The summed E-state index contributed by atoms with van der Waals surface area (Å²) in [5.74, 6) is -0.452. The van der Waals surface area contributed by atoms with Crippen molar-refractivity contribution in [1.82, 2.24) is 0 Å². The molecule has 1 atom stereocenters. The SMILES string of the molecule is NC(=O)C1OC=CC=C1Cc1ccccc1. The van der Waals surface area contributed by atoms with Gasteiger partial charge < -0.3 is 10.5 Å². The van der Waals surface area contributed by atoms with Crippen LogP contribution in [-0.4, -0.2) is 12.0 Å². The molecule has 82 valence electrons. The highest BCUT2D eigenvalue weighted by Gasteiger charge is 2.22. The van der Waals surface area contributed by atoms with Gasteiger partial charge in [-0.05, 0) is 23.6 Å². The van der Waals surface area contributed by atoms with E-state index in [1.807, 2.05) is 36.4 Å². The van der Waals surface area contributed by atoms with Crippen LogP contribution in [0.5, 0.6) is 0 Å². The van der Waals surface area contributed by atoms with E-state index in [2.05, 4.69) is 0 Å². The van der Waals surface area contributed by atoms with Gasteiger partial charge in [-0.15, -0.1) is 0 Å². The van der Waals surface area contributed by atoms with E-state index in [0.717, 1.165) is 11.1 Å². The van der Waals surface area contributed by atoms with Gasteiger partial charge in [0.25, 0.3) is 5.91 Å². The molecule has 2 rings (SSSR count). The fourth-order valence-electron chi connectivity index (χ4n) is 1.69. The topological polar surface area (TPSA) is 52.3 Å². The number of rotatable bonds is 3. The lowest BCUT2D eigenvalue weighted by Crippen LogP contribution is -2.33. The molecule has 3 heteroatoms. The van der Waals surface area contributed by atoms with E-state index in [-0.39, 0.29) is 0 Å². The summed E-state index contributed by atoms with van der Waals surface area (Å²) in [5.41, 5.74) is 7.30. The van der Waals surface area contributed by atoms with Crippen molar-refractivity contribution < 1.29 is 9.53 Å². The average molecular weight is 215 g/mol. The summed E-state index contributed by atoms with van der Waals surface area (Å²) >= 11 is 0. The minimum absolute atomic E-state index is 0.452. The van der Waals surface area contributed by atoms with Gasteiger partial charge in [0.1, 0.15) is 0 Å². The molecule has 0 spiro atoms. The lowest BCUT2D eigenvalue weighted by Gasteiger charge is -2.19. The van der Waals surface area contributed by atoms with Gasteiger partial charge in [0.15, 0.2) is 6.10 Å². The highest BCUT2D eigenvalue weighted by molar-refractivity contribution is 5.82. The van der Waals surface area contributed by atoms with E-state index in [1.165, 1.54) is 6.26 Å². The van der Waals surface area contributed by atoms with Crippen LogP contribution in [0.25, 0.3) is 0 Å². The second kappa shape index (κ2) is 4.66. The van der Waals surface area contributed by atoms with E-state index in [1.54, 1.807) is 6.08 Å². The zero-order chi connectivity index (χ0) is 11.4. The molecule has 0 aromatic heterocycles. The Morgan fingerprint density at radius 2 is 2.06 bits per heavy atom. The third-order valence-electron chi connectivity index (χ3n) is 2.45. The Morgan fingerprint density at radius 1 is 1.31 bits per heavy atom. The molecule has 0 saturated carbocycles. The lowest BCUT2D eigenvalue weighted by molar-refractivity contribution is -0.124. The van der Waals surface area contributed by atoms with Crippen molar-refractivity contribution >= 4 is 5.91 Å². The number of amides is 1. The van der Waals surface area contributed by atoms with Crippen molar-refractivity contribution in [2.75, 3.05) is 0 Å². The van der Waals surface area contributed by atoms with Crippen LogP contribution in [0.3, 0.4) is 0 Å². The van der Waals surface area contributed by atoms with Gasteiger partial charge in [-0.1, -0.05) is 36.4 Å². The van der Waals surface area contributed by atoms with Gasteiger partial charge in [0, 0.05) is 0 Å². The smallest absolute Gasteiger partial charge is 0.262 e. The van der Waals surface area contributed by atoms with Crippen LogP contribution in [-0.2, 0) is 16.0 Å². The van der Waals surface area contributed by atoms with E-state index in [9.17, 15) is 4.79 Å². The average Bonchev–Trinajstić information content (AvgIpc) is 2.31. The van der Waals surface area contributed by atoms with Gasteiger partial charge in [0.05, 0.1) is 6.26 Å². The molecule has 1 amide bonds. The fraction of sp³-hybridized carbons (Fsp3) is 0.154. The van der Waals surface area contributed by atoms with Crippen molar-refractivity contribution in [2.45, 2.75) is 12.5 Å². The molecule has 0 bridgehead atoms. The first kappa shape index (κ1) is 10.5. The Kier molecular flexibility index (Phi) is 3.05. The van der Waals surface area contributed by atoms with Crippen molar-refractivity contribution in [3.63, 3.8) is 0 Å². The first-order valence-electron chi connectivity index (χ1n) is 5.11. The van der Waals surface area contributed by atoms with Crippen LogP contribution in [0.1, 0.15) is 5.56 Å². The van der Waals surface area contributed by atoms with Gasteiger partial charge in [-0.3, -0.25) is 4.79 Å². The van der Waals surface area contributed by atoms with Crippen molar-refractivity contribution in [1.29, 1.82) is 0 Å². The highest BCUT2D eigenvalue weighted by Crippen LogP contribution is 2.17. The molecule has 1 unspecified atom stereocenters. The number of primary amides is 1. The monoisotopic (exact) mass is 215 g/mol. The predicted molar refractivity (Wildman–Crippen MR) is 61.4 cm³/mol. The zero-order valence-corrected chi connectivity index (χ0v) is 8.80. The molecule has 0 aliphatic carbocycles. The summed E-state index contributed by atoms with van der Waals surface area (Å²) < 4.78 is 5.20. The summed E-state index contributed by atoms with van der Waals surface area (Å²) in [6.45, 7) is 0. The molecular weight excluding hydrogens is 202 g/mol. The molecule has 1 aromatic carbocycles. The maximum Gasteiger partial charge on any atom is 0.262 e. The van der Waals surface area contributed by atoms with Gasteiger partial charge >= 0.3 is 0 Å². The maximum absolute atomic E-state index is 11.2. The second-order valence-electron chi connectivity index (χ2n) is 3.65. The fourth-order valence-corrected chi connectivity index (χ4v) is 1.69. The van der Waals surface area contributed by atoms with E-state index in [4.69, 9.17) is 10.5 Å². The maximum atomic E-state index is 11.2. The number of benzene rings is 1. The number of carbonyl (C=O) groups is 1. The van der Waals surface area contributed by atoms with Crippen LogP contribution in [0, 0.1) is 0 Å². The minimum Gasteiger partial charge on any atom is -0.484 e. The lowest BCUT2D eigenvalue weighted by atomic mass is 9.99. The van der Waals surface area contributed by atoms with Crippen LogP contribution >= 0.6 is 0 Å². The van der Waals surface area contributed by atoms with Crippen LogP contribution in [0.2, 0.25) is 0 Å². The number of carbonyl (C=O) groups excluding carboxylic acids is 1. The minimum atomic E-state index is -0.634. The molecule has 0 radical (unpaired) electrons. The second-order valence-corrected chi connectivity index (χ2v) is 3.65.